The molecule has 1 saturated carbocycles. The quantitative estimate of drug-likeness (QED) is 0.626. The smallest absolute Gasteiger partial charge is 0.325 e. The summed E-state index contributed by atoms with van der Waals surface area (Å²) in [5.74, 6) is -0.711. The van der Waals surface area contributed by atoms with Crippen molar-refractivity contribution in [1.82, 2.24) is 4.90 Å². The summed E-state index contributed by atoms with van der Waals surface area (Å²) in [5.41, 5.74) is -0.857. The first-order valence-corrected chi connectivity index (χ1v) is 4.87. The van der Waals surface area contributed by atoms with E-state index in [1.165, 1.54) is 12.0 Å². The fourth-order valence-electron chi connectivity index (χ4n) is 1.35. The van der Waals surface area contributed by atoms with Gasteiger partial charge >= 0.3 is 5.97 Å². The van der Waals surface area contributed by atoms with Crippen LogP contribution in [-0.2, 0) is 14.3 Å². The maximum atomic E-state index is 11.8. The third-order valence-corrected chi connectivity index (χ3v) is 2.59. The summed E-state index contributed by atoms with van der Waals surface area (Å²) in [7, 11) is 1.28. The molecule has 1 aliphatic carbocycles. The van der Waals surface area contributed by atoms with Gasteiger partial charge in [-0.2, -0.15) is 5.26 Å². The molecule has 0 aliphatic heterocycles. The Bertz CT molecular complexity index is 315. The molecule has 0 aromatic carbocycles. The Kier molecular flexibility index (Phi) is 3.30. The Balaban J connectivity index is 2.64. The van der Waals surface area contributed by atoms with Gasteiger partial charge in [0, 0.05) is 6.54 Å². The van der Waals surface area contributed by atoms with Gasteiger partial charge in [0.2, 0.25) is 5.91 Å². The predicted octanol–water partition coefficient (Wildman–Crippen LogP) is 0.312. The number of methoxy groups -OCH3 is 1. The van der Waals surface area contributed by atoms with E-state index in [2.05, 4.69) is 4.74 Å². The molecular formula is C10H14N2O3. The van der Waals surface area contributed by atoms with Crippen molar-refractivity contribution in [2.45, 2.75) is 19.8 Å². The summed E-state index contributed by atoms with van der Waals surface area (Å²) in [6, 6.07) is 2.01. The van der Waals surface area contributed by atoms with Crippen LogP contribution in [0.5, 0.6) is 0 Å². The molecule has 0 unspecified atom stereocenters. The normalized spacial score (nSPS) is 16.3. The van der Waals surface area contributed by atoms with Gasteiger partial charge in [-0.3, -0.25) is 9.59 Å². The van der Waals surface area contributed by atoms with Crippen LogP contribution >= 0.6 is 0 Å². The first-order valence-electron chi connectivity index (χ1n) is 4.87. The Morgan fingerprint density at radius 3 is 2.47 bits per heavy atom. The average molecular weight is 210 g/mol. The van der Waals surface area contributed by atoms with Gasteiger partial charge in [0.1, 0.15) is 12.0 Å². The molecule has 0 radical (unpaired) electrons. The Labute approximate surface area is 88.6 Å². The summed E-state index contributed by atoms with van der Waals surface area (Å²) in [6.07, 6.45) is 1.19. The molecule has 1 fully saturated rings. The van der Waals surface area contributed by atoms with Gasteiger partial charge in [0.25, 0.3) is 0 Å². The number of amides is 1. The molecule has 15 heavy (non-hydrogen) atoms. The minimum Gasteiger partial charge on any atom is -0.468 e. The molecule has 5 nitrogen and oxygen atoms in total. The molecule has 1 rings (SSSR count). The molecule has 1 aliphatic rings. The molecule has 0 bridgehead atoms. The minimum absolute atomic E-state index is 0.0741. The van der Waals surface area contributed by atoms with Crippen LogP contribution in [0.3, 0.4) is 0 Å². The number of nitrogens with zero attached hydrogens (tertiary/aromatic N) is 2. The molecule has 0 spiro atoms. The van der Waals surface area contributed by atoms with Crippen LogP contribution in [0.1, 0.15) is 19.8 Å². The van der Waals surface area contributed by atoms with Crippen LogP contribution in [-0.4, -0.2) is 37.0 Å². The van der Waals surface area contributed by atoms with Crippen LogP contribution in [0.4, 0.5) is 0 Å². The van der Waals surface area contributed by atoms with Crippen molar-refractivity contribution < 1.29 is 14.3 Å². The highest BCUT2D eigenvalue weighted by molar-refractivity contribution is 5.90. The second-order valence-electron chi connectivity index (χ2n) is 3.59. The zero-order chi connectivity index (χ0) is 11.5. The largest absolute Gasteiger partial charge is 0.468 e. The number of ether oxygens (including phenoxy) is 1. The van der Waals surface area contributed by atoms with E-state index in [1.54, 1.807) is 6.92 Å². The zero-order valence-electron chi connectivity index (χ0n) is 8.95. The molecule has 5 heteroatoms. The van der Waals surface area contributed by atoms with Gasteiger partial charge in [-0.15, -0.1) is 0 Å². The summed E-state index contributed by atoms with van der Waals surface area (Å²) in [4.78, 5) is 24.2. The molecule has 0 aromatic heterocycles. The van der Waals surface area contributed by atoms with E-state index in [9.17, 15) is 9.59 Å². The SMILES string of the molecule is CCN(CC(=O)OC)C(=O)C1(C#N)CC1. The van der Waals surface area contributed by atoms with Crippen molar-refractivity contribution in [3.63, 3.8) is 0 Å². The highest BCUT2D eigenvalue weighted by atomic mass is 16.5. The maximum Gasteiger partial charge on any atom is 0.325 e. The van der Waals surface area contributed by atoms with E-state index in [4.69, 9.17) is 5.26 Å². The van der Waals surface area contributed by atoms with Crippen molar-refractivity contribution in [2.75, 3.05) is 20.2 Å². The van der Waals surface area contributed by atoms with Crippen LogP contribution in [0, 0.1) is 16.7 Å². The highest BCUT2D eigenvalue weighted by Crippen LogP contribution is 2.46. The van der Waals surface area contributed by atoms with E-state index < -0.39 is 11.4 Å². The maximum absolute atomic E-state index is 11.8. The second kappa shape index (κ2) is 4.30. The molecular weight excluding hydrogens is 196 g/mol. The van der Waals surface area contributed by atoms with Crippen LogP contribution in [0.15, 0.2) is 0 Å². The topological polar surface area (TPSA) is 70.4 Å². The van der Waals surface area contributed by atoms with E-state index >= 15 is 0 Å². The summed E-state index contributed by atoms with van der Waals surface area (Å²) in [6.45, 7) is 2.11. The van der Waals surface area contributed by atoms with E-state index in [-0.39, 0.29) is 12.5 Å². The lowest BCUT2D eigenvalue weighted by molar-refractivity contribution is -0.148. The summed E-state index contributed by atoms with van der Waals surface area (Å²) < 4.78 is 4.48. The molecule has 82 valence electrons. The number of hydrogen-bond donors (Lipinski definition) is 0. The summed E-state index contributed by atoms with van der Waals surface area (Å²) >= 11 is 0. The number of esters is 1. The average Bonchev–Trinajstić information content (AvgIpc) is 3.05. The van der Waals surface area contributed by atoms with Gasteiger partial charge in [-0.1, -0.05) is 0 Å². The van der Waals surface area contributed by atoms with Crippen LogP contribution in [0.2, 0.25) is 0 Å². The molecule has 0 saturated heterocycles. The Hall–Kier alpha value is -1.57. The van der Waals surface area contributed by atoms with E-state index in [0.717, 1.165) is 0 Å². The van der Waals surface area contributed by atoms with Crippen molar-refractivity contribution in [2.24, 2.45) is 5.41 Å². The van der Waals surface area contributed by atoms with Gasteiger partial charge in [0.15, 0.2) is 0 Å². The first-order chi connectivity index (χ1) is 7.09. The second-order valence-corrected chi connectivity index (χ2v) is 3.59. The van der Waals surface area contributed by atoms with Gasteiger partial charge in [-0.05, 0) is 19.8 Å². The fraction of sp³-hybridized carbons (Fsp3) is 0.700. The number of carbonyl (C=O) groups is 2. The molecule has 0 N–H and O–H groups in total. The lowest BCUT2D eigenvalue weighted by atomic mass is 10.1. The fourth-order valence-corrected chi connectivity index (χ4v) is 1.35. The molecule has 0 aromatic rings. The van der Waals surface area contributed by atoms with Crippen molar-refractivity contribution in [3.8, 4) is 6.07 Å². The van der Waals surface area contributed by atoms with Crippen molar-refractivity contribution >= 4 is 11.9 Å². The lowest BCUT2D eigenvalue weighted by Gasteiger charge is -2.21. The predicted molar refractivity (Wildman–Crippen MR) is 51.6 cm³/mol. The van der Waals surface area contributed by atoms with Gasteiger partial charge < -0.3 is 9.64 Å². The standard InChI is InChI=1S/C10H14N2O3/c1-3-12(6-8(13)15-2)9(14)10(7-11)4-5-10/h3-6H2,1-2H3. The third-order valence-electron chi connectivity index (χ3n) is 2.59. The van der Waals surface area contributed by atoms with E-state index in [0.29, 0.717) is 19.4 Å². The lowest BCUT2D eigenvalue weighted by Crippen LogP contribution is -2.40. The number of likely N-dealkylation sites (N-methyl/N-ethyl adjacent to an activating group) is 1. The van der Waals surface area contributed by atoms with Crippen molar-refractivity contribution in [1.29, 1.82) is 5.26 Å². The Morgan fingerprint density at radius 1 is 1.53 bits per heavy atom. The monoisotopic (exact) mass is 210 g/mol. The summed E-state index contributed by atoms with van der Waals surface area (Å²) in [5, 5.41) is 8.85. The van der Waals surface area contributed by atoms with Crippen LogP contribution < -0.4 is 0 Å². The van der Waals surface area contributed by atoms with Crippen LogP contribution in [0.25, 0.3) is 0 Å². The molecule has 0 heterocycles. The minimum atomic E-state index is -0.857. The van der Waals surface area contributed by atoms with Crippen molar-refractivity contribution in [3.05, 3.63) is 0 Å². The van der Waals surface area contributed by atoms with E-state index in [1.807, 2.05) is 6.07 Å². The van der Waals surface area contributed by atoms with Gasteiger partial charge in [-0.25, -0.2) is 0 Å². The third kappa shape index (κ3) is 2.27. The van der Waals surface area contributed by atoms with Gasteiger partial charge in [0.05, 0.1) is 13.2 Å². The number of nitriles is 1. The first kappa shape index (κ1) is 11.5. The molecule has 1 amide bonds. The zero-order valence-corrected chi connectivity index (χ0v) is 8.95. The highest BCUT2D eigenvalue weighted by Gasteiger charge is 2.52. The number of rotatable bonds is 4. The number of carbonyl (C=O) groups excluding carboxylic acids is 2. The molecule has 0 atom stereocenters. The number of hydrogen-bond acceptors (Lipinski definition) is 4. The Morgan fingerprint density at radius 2 is 2.13 bits per heavy atom.